The Morgan fingerprint density at radius 2 is 1.72 bits per heavy atom. The number of benzene rings is 2. The molecule has 1 atom stereocenters. The number of ether oxygens (including phenoxy) is 1. The molecule has 3 rings (SSSR count). The number of piperazine rings is 1. The maximum absolute atomic E-state index is 13.3. The predicted molar refractivity (Wildman–Crippen MR) is 113 cm³/mol. The van der Waals surface area contributed by atoms with Crippen molar-refractivity contribution in [3.8, 4) is 5.75 Å². The number of nitrogens with zero attached hydrogens (tertiary/aromatic N) is 2. The highest BCUT2D eigenvalue weighted by atomic mass is 16.5. The van der Waals surface area contributed by atoms with Crippen LogP contribution in [-0.2, 0) is 0 Å². The van der Waals surface area contributed by atoms with Gasteiger partial charge in [-0.15, -0.1) is 0 Å². The van der Waals surface area contributed by atoms with E-state index in [0.717, 1.165) is 17.9 Å². The van der Waals surface area contributed by atoms with Gasteiger partial charge in [-0.3, -0.25) is 9.59 Å². The molecule has 1 saturated heterocycles. The molecular formula is C23H29N3O3. The van der Waals surface area contributed by atoms with Crippen molar-refractivity contribution in [3.63, 3.8) is 0 Å². The molecule has 1 fully saturated rings. The predicted octanol–water partition coefficient (Wildman–Crippen LogP) is 2.96. The van der Waals surface area contributed by atoms with Crippen LogP contribution < -0.4 is 10.1 Å². The van der Waals surface area contributed by atoms with Gasteiger partial charge in [-0.25, -0.2) is 0 Å². The highest BCUT2D eigenvalue weighted by Gasteiger charge is 2.30. The van der Waals surface area contributed by atoms with E-state index < -0.39 is 0 Å². The standard InChI is InChI=1S/C23H29N3O3/c1-4-25(5-2)22(27)17-10-12-18(13-11-17)23(28)26-15-14-24-16-20(26)19-8-6-7-9-21(19)29-3/h6-13,20,24H,4-5,14-16H2,1-3H3. The first-order valence-corrected chi connectivity index (χ1v) is 10.1. The zero-order valence-corrected chi connectivity index (χ0v) is 17.4. The second-order valence-corrected chi connectivity index (χ2v) is 7.02. The molecule has 6 heteroatoms. The van der Waals surface area contributed by atoms with Crippen LogP contribution in [0.1, 0.15) is 46.2 Å². The lowest BCUT2D eigenvalue weighted by Crippen LogP contribution is -2.48. The van der Waals surface area contributed by atoms with Gasteiger partial charge >= 0.3 is 0 Å². The molecule has 0 radical (unpaired) electrons. The Hall–Kier alpha value is -2.86. The Morgan fingerprint density at radius 3 is 2.38 bits per heavy atom. The van der Waals surface area contributed by atoms with Gasteiger partial charge in [0.1, 0.15) is 5.75 Å². The molecule has 0 aromatic heterocycles. The molecule has 1 heterocycles. The SMILES string of the molecule is CCN(CC)C(=O)c1ccc(C(=O)N2CCNCC2c2ccccc2OC)cc1. The van der Waals surface area contributed by atoms with Gasteiger partial charge < -0.3 is 19.9 Å². The van der Waals surface area contributed by atoms with Crippen molar-refractivity contribution in [2.24, 2.45) is 0 Å². The second kappa shape index (κ2) is 9.56. The van der Waals surface area contributed by atoms with Crippen LogP contribution in [0, 0.1) is 0 Å². The van der Waals surface area contributed by atoms with Gasteiger partial charge in [0.05, 0.1) is 13.2 Å². The second-order valence-electron chi connectivity index (χ2n) is 7.02. The Bertz CT molecular complexity index is 847. The van der Waals surface area contributed by atoms with E-state index in [1.807, 2.05) is 43.0 Å². The van der Waals surface area contributed by atoms with Crippen molar-refractivity contribution in [1.29, 1.82) is 0 Å². The number of hydrogen-bond acceptors (Lipinski definition) is 4. The van der Waals surface area contributed by atoms with Crippen molar-refractivity contribution in [2.75, 3.05) is 39.8 Å². The van der Waals surface area contributed by atoms with Crippen LogP contribution in [0.2, 0.25) is 0 Å². The molecule has 1 aliphatic heterocycles. The van der Waals surface area contributed by atoms with E-state index in [-0.39, 0.29) is 17.9 Å². The van der Waals surface area contributed by atoms with Crippen molar-refractivity contribution in [1.82, 2.24) is 15.1 Å². The first-order chi connectivity index (χ1) is 14.1. The van der Waals surface area contributed by atoms with Crippen molar-refractivity contribution in [2.45, 2.75) is 19.9 Å². The number of carbonyl (C=O) groups is 2. The number of carbonyl (C=O) groups excluding carboxylic acids is 2. The van der Waals surface area contributed by atoms with Crippen LogP contribution in [-0.4, -0.2) is 61.4 Å². The average molecular weight is 396 g/mol. The Morgan fingerprint density at radius 1 is 1.07 bits per heavy atom. The minimum Gasteiger partial charge on any atom is -0.496 e. The third-order valence-corrected chi connectivity index (χ3v) is 5.43. The van der Waals surface area contributed by atoms with Gasteiger partial charge in [0, 0.05) is 49.4 Å². The van der Waals surface area contributed by atoms with E-state index in [2.05, 4.69) is 5.32 Å². The van der Waals surface area contributed by atoms with Gasteiger partial charge in [0.2, 0.25) is 0 Å². The molecule has 6 nitrogen and oxygen atoms in total. The lowest BCUT2D eigenvalue weighted by Gasteiger charge is -2.37. The topological polar surface area (TPSA) is 61.9 Å². The lowest BCUT2D eigenvalue weighted by molar-refractivity contribution is 0.0630. The smallest absolute Gasteiger partial charge is 0.254 e. The largest absolute Gasteiger partial charge is 0.496 e. The van der Waals surface area contributed by atoms with Crippen LogP contribution in [0.25, 0.3) is 0 Å². The maximum atomic E-state index is 13.3. The molecular weight excluding hydrogens is 366 g/mol. The minimum absolute atomic E-state index is 0.0110. The molecule has 0 saturated carbocycles. The molecule has 0 aliphatic carbocycles. The summed E-state index contributed by atoms with van der Waals surface area (Å²) in [6, 6.07) is 14.7. The summed E-state index contributed by atoms with van der Waals surface area (Å²) < 4.78 is 5.51. The fraction of sp³-hybridized carbons (Fsp3) is 0.391. The number of amides is 2. The van der Waals surface area contributed by atoms with Crippen molar-refractivity contribution < 1.29 is 14.3 Å². The normalized spacial score (nSPS) is 16.4. The van der Waals surface area contributed by atoms with E-state index in [1.165, 1.54) is 0 Å². The Balaban J connectivity index is 1.83. The van der Waals surface area contributed by atoms with E-state index in [9.17, 15) is 9.59 Å². The fourth-order valence-electron chi connectivity index (χ4n) is 3.78. The monoisotopic (exact) mass is 395 g/mol. The maximum Gasteiger partial charge on any atom is 0.254 e. The molecule has 2 amide bonds. The van der Waals surface area contributed by atoms with Crippen molar-refractivity contribution in [3.05, 3.63) is 65.2 Å². The molecule has 0 bridgehead atoms. The van der Waals surface area contributed by atoms with Gasteiger partial charge in [0.25, 0.3) is 11.8 Å². The fourth-order valence-corrected chi connectivity index (χ4v) is 3.78. The third-order valence-electron chi connectivity index (χ3n) is 5.43. The first kappa shape index (κ1) is 20.9. The lowest BCUT2D eigenvalue weighted by atomic mass is 10.0. The van der Waals surface area contributed by atoms with Gasteiger partial charge in [0.15, 0.2) is 0 Å². The zero-order chi connectivity index (χ0) is 20.8. The molecule has 2 aromatic carbocycles. The molecule has 1 aliphatic rings. The van der Waals surface area contributed by atoms with E-state index in [1.54, 1.807) is 36.3 Å². The quantitative estimate of drug-likeness (QED) is 0.817. The van der Waals surface area contributed by atoms with Crippen LogP contribution in [0.5, 0.6) is 5.75 Å². The summed E-state index contributed by atoms with van der Waals surface area (Å²) in [5, 5.41) is 3.37. The number of rotatable bonds is 6. The van der Waals surface area contributed by atoms with Crippen LogP contribution in [0.3, 0.4) is 0 Å². The van der Waals surface area contributed by atoms with Gasteiger partial charge in [-0.05, 0) is 44.2 Å². The minimum atomic E-state index is -0.107. The van der Waals surface area contributed by atoms with Crippen LogP contribution in [0.4, 0.5) is 0 Å². The highest BCUT2D eigenvalue weighted by Crippen LogP contribution is 2.31. The summed E-state index contributed by atoms with van der Waals surface area (Å²) in [5.41, 5.74) is 2.18. The highest BCUT2D eigenvalue weighted by molar-refractivity contribution is 5.98. The van der Waals surface area contributed by atoms with E-state index in [4.69, 9.17) is 4.74 Å². The van der Waals surface area contributed by atoms with Gasteiger partial charge in [-0.1, -0.05) is 18.2 Å². The molecule has 2 aromatic rings. The summed E-state index contributed by atoms with van der Waals surface area (Å²) >= 11 is 0. The average Bonchev–Trinajstić information content (AvgIpc) is 2.79. The Labute approximate surface area is 172 Å². The number of nitrogens with one attached hydrogen (secondary N) is 1. The molecule has 0 spiro atoms. The molecule has 29 heavy (non-hydrogen) atoms. The summed E-state index contributed by atoms with van der Waals surface area (Å²) in [5.74, 6) is 0.728. The first-order valence-electron chi connectivity index (χ1n) is 10.1. The Kier molecular flexibility index (Phi) is 6.88. The zero-order valence-electron chi connectivity index (χ0n) is 17.4. The molecule has 154 valence electrons. The van der Waals surface area contributed by atoms with Crippen LogP contribution in [0.15, 0.2) is 48.5 Å². The van der Waals surface area contributed by atoms with E-state index >= 15 is 0 Å². The third kappa shape index (κ3) is 4.43. The number of methoxy groups -OCH3 is 1. The van der Waals surface area contributed by atoms with Crippen molar-refractivity contribution >= 4 is 11.8 Å². The summed E-state index contributed by atoms with van der Waals surface area (Å²) in [4.78, 5) is 29.4. The van der Waals surface area contributed by atoms with Crippen LogP contribution >= 0.6 is 0 Å². The number of para-hydroxylation sites is 1. The van der Waals surface area contributed by atoms with E-state index in [0.29, 0.717) is 37.3 Å². The summed E-state index contributed by atoms with van der Waals surface area (Å²) in [6.07, 6.45) is 0. The molecule has 1 N–H and O–H groups in total. The number of hydrogen-bond donors (Lipinski definition) is 1. The summed E-state index contributed by atoms with van der Waals surface area (Å²) in [6.45, 7) is 7.28. The van der Waals surface area contributed by atoms with Gasteiger partial charge in [-0.2, -0.15) is 0 Å². The molecule has 1 unspecified atom stereocenters. The summed E-state index contributed by atoms with van der Waals surface area (Å²) in [7, 11) is 1.65.